The molecule has 1 aromatic rings. The van der Waals surface area contributed by atoms with Crippen molar-refractivity contribution in [3.8, 4) is 0 Å². The van der Waals surface area contributed by atoms with E-state index in [1.807, 2.05) is 30.3 Å². The predicted molar refractivity (Wildman–Crippen MR) is 90.2 cm³/mol. The molecule has 0 aliphatic heterocycles. The Bertz CT molecular complexity index is 558. The highest BCUT2D eigenvalue weighted by Crippen LogP contribution is 2.06. The number of nitrogens with zero attached hydrogens (tertiary/aromatic N) is 1. The highest BCUT2D eigenvalue weighted by Gasteiger charge is 2.23. The van der Waals surface area contributed by atoms with Gasteiger partial charge in [-0.15, -0.1) is 0 Å². The van der Waals surface area contributed by atoms with E-state index in [1.54, 1.807) is 0 Å². The lowest BCUT2D eigenvalue weighted by atomic mass is 10.1. The van der Waals surface area contributed by atoms with Gasteiger partial charge in [0.05, 0.1) is 0 Å². The molecule has 24 heavy (non-hydrogen) atoms. The van der Waals surface area contributed by atoms with Crippen LogP contribution in [0.4, 0.5) is 0 Å². The number of aliphatic hydroxyl groups is 1. The Morgan fingerprint density at radius 1 is 1.17 bits per heavy atom. The lowest BCUT2D eigenvalue weighted by Crippen LogP contribution is -2.45. The van der Waals surface area contributed by atoms with E-state index >= 15 is 0 Å². The summed E-state index contributed by atoms with van der Waals surface area (Å²) in [5, 5.41) is 21.4. The molecule has 0 saturated carbocycles. The topological polar surface area (TPSA) is 151 Å². The van der Waals surface area contributed by atoms with E-state index in [9.17, 15) is 14.7 Å². The van der Waals surface area contributed by atoms with Crippen molar-refractivity contribution < 1.29 is 19.8 Å². The Kier molecular flexibility index (Phi) is 8.28. The Balaban J connectivity index is 2.42. The van der Waals surface area contributed by atoms with Crippen molar-refractivity contribution in [1.29, 1.82) is 0 Å². The summed E-state index contributed by atoms with van der Waals surface area (Å²) in [4.78, 5) is 26.9. The number of nitrogens with two attached hydrogens (primary N) is 2. The van der Waals surface area contributed by atoms with Crippen LogP contribution in [0.3, 0.4) is 0 Å². The fourth-order valence-corrected chi connectivity index (χ4v) is 2.11. The number of guanidine groups is 1. The Morgan fingerprint density at radius 2 is 1.83 bits per heavy atom. The largest absolute Gasteiger partial charge is 0.480 e. The highest BCUT2D eigenvalue weighted by molar-refractivity contribution is 5.86. The van der Waals surface area contributed by atoms with Gasteiger partial charge in [-0.25, -0.2) is 4.79 Å². The summed E-state index contributed by atoms with van der Waals surface area (Å²) in [6.45, 7) is 0.276. The van der Waals surface area contributed by atoms with Crippen molar-refractivity contribution >= 4 is 17.8 Å². The zero-order valence-electron chi connectivity index (χ0n) is 13.4. The molecular weight excluding hydrogens is 312 g/mol. The van der Waals surface area contributed by atoms with Crippen molar-refractivity contribution in [2.75, 3.05) is 6.54 Å². The third kappa shape index (κ3) is 7.59. The molecule has 0 saturated heterocycles. The normalized spacial score (nSPS) is 12.9. The van der Waals surface area contributed by atoms with Gasteiger partial charge in [0.2, 0.25) is 5.91 Å². The molecule has 8 heteroatoms. The number of hydrogen-bond donors (Lipinski definition) is 5. The predicted octanol–water partition coefficient (Wildman–Crippen LogP) is -0.397. The average molecular weight is 336 g/mol. The van der Waals surface area contributed by atoms with Crippen molar-refractivity contribution in [2.45, 2.75) is 37.8 Å². The van der Waals surface area contributed by atoms with Gasteiger partial charge in [-0.2, -0.15) is 0 Å². The van der Waals surface area contributed by atoms with Gasteiger partial charge < -0.3 is 27.0 Å². The van der Waals surface area contributed by atoms with Crippen LogP contribution in [0.25, 0.3) is 0 Å². The molecule has 0 aliphatic carbocycles. The first kappa shape index (κ1) is 19.4. The molecule has 1 rings (SSSR count). The number of aliphatic hydroxyl groups excluding tert-OH is 1. The van der Waals surface area contributed by atoms with E-state index in [0.29, 0.717) is 12.8 Å². The standard InChI is InChI=1S/C16H24N4O4/c17-16(18)19-10-4-7-12(15(23)24)20-14(22)13(21)9-8-11-5-2-1-3-6-11/h1-3,5-6,12-13,21H,4,7-10H2,(H,20,22)(H,23,24)(H4,17,18,19)/t12?,13-/m0/s1. The van der Waals surface area contributed by atoms with Gasteiger partial charge in [0.1, 0.15) is 12.1 Å². The summed E-state index contributed by atoms with van der Waals surface area (Å²) < 4.78 is 0. The number of amides is 1. The number of aliphatic carboxylic acids is 1. The quantitative estimate of drug-likeness (QED) is 0.223. The molecule has 7 N–H and O–H groups in total. The molecule has 1 aromatic carbocycles. The second-order valence-corrected chi connectivity index (χ2v) is 5.39. The Hall–Kier alpha value is -2.61. The van der Waals surface area contributed by atoms with Crippen LogP contribution in [0, 0.1) is 0 Å². The van der Waals surface area contributed by atoms with Crippen LogP contribution < -0.4 is 16.8 Å². The first-order valence-electron chi connectivity index (χ1n) is 7.70. The molecule has 132 valence electrons. The maximum atomic E-state index is 11.9. The molecule has 1 unspecified atom stereocenters. The van der Waals surface area contributed by atoms with E-state index in [4.69, 9.17) is 16.6 Å². The minimum atomic E-state index is -1.26. The van der Waals surface area contributed by atoms with Crippen molar-refractivity contribution in [3.63, 3.8) is 0 Å². The lowest BCUT2D eigenvalue weighted by molar-refractivity contribution is -0.143. The van der Waals surface area contributed by atoms with Gasteiger partial charge >= 0.3 is 5.97 Å². The SMILES string of the molecule is NC(N)=NCCCC(NC(=O)[C@@H](O)CCc1ccccc1)C(=O)O. The van der Waals surface area contributed by atoms with Crippen LogP contribution in [0.5, 0.6) is 0 Å². The van der Waals surface area contributed by atoms with E-state index in [-0.39, 0.29) is 25.3 Å². The van der Waals surface area contributed by atoms with Crippen LogP contribution in [0.1, 0.15) is 24.8 Å². The molecule has 0 aliphatic rings. The fourth-order valence-electron chi connectivity index (χ4n) is 2.11. The monoisotopic (exact) mass is 336 g/mol. The fraction of sp³-hybridized carbons (Fsp3) is 0.438. The number of nitrogens with one attached hydrogen (secondary N) is 1. The molecule has 8 nitrogen and oxygen atoms in total. The van der Waals surface area contributed by atoms with E-state index in [0.717, 1.165) is 5.56 Å². The van der Waals surface area contributed by atoms with Crippen molar-refractivity contribution in [2.24, 2.45) is 16.5 Å². The molecule has 2 atom stereocenters. The van der Waals surface area contributed by atoms with Gasteiger partial charge in [-0.3, -0.25) is 9.79 Å². The number of carbonyl (C=O) groups is 2. The van der Waals surface area contributed by atoms with Crippen molar-refractivity contribution in [1.82, 2.24) is 5.32 Å². The van der Waals surface area contributed by atoms with Gasteiger partial charge in [0.15, 0.2) is 5.96 Å². The lowest BCUT2D eigenvalue weighted by Gasteiger charge is -2.17. The highest BCUT2D eigenvalue weighted by atomic mass is 16.4. The summed E-state index contributed by atoms with van der Waals surface area (Å²) in [5.41, 5.74) is 11.4. The Labute approximate surface area is 140 Å². The smallest absolute Gasteiger partial charge is 0.326 e. The van der Waals surface area contributed by atoms with Crippen molar-refractivity contribution in [3.05, 3.63) is 35.9 Å². The number of aliphatic imine (C=N–C) groups is 1. The zero-order valence-corrected chi connectivity index (χ0v) is 13.4. The maximum absolute atomic E-state index is 11.9. The van der Waals surface area contributed by atoms with E-state index in [1.165, 1.54) is 0 Å². The first-order chi connectivity index (χ1) is 11.4. The van der Waals surface area contributed by atoms with Crippen LogP contribution >= 0.6 is 0 Å². The second kappa shape index (κ2) is 10.2. The van der Waals surface area contributed by atoms with Gasteiger partial charge in [-0.05, 0) is 31.2 Å². The van der Waals surface area contributed by atoms with Crippen LogP contribution in [0.2, 0.25) is 0 Å². The maximum Gasteiger partial charge on any atom is 0.326 e. The second-order valence-electron chi connectivity index (χ2n) is 5.39. The summed E-state index contributed by atoms with van der Waals surface area (Å²) >= 11 is 0. The summed E-state index contributed by atoms with van der Waals surface area (Å²) in [5.74, 6) is -1.93. The number of carboxylic acid groups (broad SMARTS) is 1. The minimum Gasteiger partial charge on any atom is -0.480 e. The molecule has 0 spiro atoms. The summed E-state index contributed by atoms with van der Waals surface area (Å²) in [6.07, 6.45) is 0.0524. The number of aryl methyl sites for hydroxylation is 1. The Morgan fingerprint density at radius 3 is 2.42 bits per heavy atom. The molecule has 1 amide bonds. The molecule has 0 fully saturated rings. The molecule has 0 bridgehead atoms. The van der Waals surface area contributed by atoms with Gasteiger partial charge in [0, 0.05) is 6.54 Å². The summed E-state index contributed by atoms with van der Waals surface area (Å²) in [6, 6.07) is 8.34. The van der Waals surface area contributed by atoms with Crippen LogP contribution in [-0.4, -0.2) is 46.7 Å². The number of hydrogen-bond acceptors (Lipinski definition) is 4. The molecule has 0 heterocycles. The molecule has 0 aromatic heterocycles. The van der Waals surface area contributed by atoms with Crippen LogP contribution in [0.15, 0.2) is 35.3 Å². The first-order valence-corrected chi connectivity index (χ1v) is 7.70. The molecule has 0 radical (unpaired) electrons. The third-order valence-electron chi connectivity index (χ3n) is 3.41. The van der Waals surface area contributed by atoms with Gasteiger partial charge in [0.25, 0.3) is 0 Å². The zero-order chi connectivity index (χ0) is 17.9. The van der Waals surface area contributed by atoms with Crippen LogP contribution in [-0.2, 0) is 16.0 Å². The minimum absolute atomic E-state index is 0.0674. The third-order valence-corrected chi connectivity index (χ3v) is 3.41. The number of benzene rings is 1. The number of carboxylic acids is 1. The van der Waals surface area contributed by atoms with Gasteiger partial charge in [-0.1, -0.05) is 30.3 Å². The molecular formula is C16H24N4O4. The summed E-state index contributed by atoms with van der Waals surface area (Å²) in [7, 11) is 0. The van der Waals surface area contributed by atoms with E-state index < -0.39 is 24.0 Å². The number of rotatable bonds is 10. The van der Waals surface area contributed by atoms with E-state index in [2.05, 4.69) is 10.3 Å². The number of carbonyl (C=O) groups excluding carboxylic acids is 1. The average Bonchev–Trinajstić information content (AvgIpc) is 2.55.